The minimum absolute atomic E-state index is 0.145. The molecule has 16 heavy (non-hydrogen) atoms. The Labute approximate surface area is 97.4 Å². The molecule has 0 saturated heterocycles. The Balaban J connectivity index is 2.53. The molecule has 0 heterocycles. The van der Waals surface area contributed by atoms with Crippen molar-refractivity contribution < 1.29 is 9.84 Å². The predicted molar refractivity (Wildman–Crippen MR) is 65.5 cm³/mol. The first-order valence-electron chi connectivity index (χ1n) is 5.64. The number of hydrogen-bond donors (Lipinski definition) is 2. The van der Waals surface area contributed by atoms with Gasteiger partial charge in [0.25, 0.3) is 0 Å². The van der Waals surface area contributed by atoms with Crippen molar-refractivity contribution in [3.8, 4) is 5.75 Å². The van der Waals surface area contributed by atoms with Gasteiger partial charge in [-0.2, -0.15) is 0 Å². The van der Waals surface area contributed by atoms with E-state index in [1.807, 2.05) is 24.3 Å². The fourth-order valence-corrected chi connectivity index (χ4v) is 1.54. The summed E-state index contributed by atoms with van der Waals surface area (Å²) in [5.41, 5.74) is 1.17. The third-order valence-corrected chi connectivity index (χ3v) is 2.70. The van der Waals surface area contributed by atoms with Gasteiger partial charge in [0.1, 0.15) is 5.75 Å². The van der Waals surface area contributed by atoms with Gasteiger partial charge in [0, 0.05) is 12.6 Å². The minimum atomic E-state index is 0.145. The van der Waals surface area contributed by atoms with Crippen molar-refractivity contribution in [3.63, 3.8) is 0 Å². The van der Waals surface area contributed by atoms with E-state index in [2.05, 4.69) is 19.2 Å². The first-order valence-corrected chi connectivity index (χ1v) is 5.64. The maximum atomic E-state index is 9.19. The second kappa shape index (κ2) is 6.51. The van der Waals surface area contributed by atoms with Crippen LogP contribution in [0, 0.1) is 5.92 Å². The van der Waals surface area contributed by atoms with Crippen LogP contribution in [0.1, 0.15) is 19.4 Å². The van der Waals surface area contributed by atoms with E-state index in [-0.39, 0.29) is 12.6 Å². The normalized spacial score (nSPS) is 12.8. The topological polar surface area (TPSA) is 41.5 Å². The zero-order valence-electron chi connectivity index (χ0n) is 10.2. The zero-order chi connectivity index (χ0) is 12.0. The molecule has 3 heteroatoms. The van der Waals surface area contributed by atoms with Gasteiger partial charge < -0.3 is 15.2 Å². The van der Waals surface area contributed by atoms with Crippen LogP contribution in [0.15, 0.2) is 24.3 Å². The Hall–Kier alpha value is -1.06. The van der Waals surface area contributed by atoms with E-state index in [4.69, 9.17) is 4.74 Å². The Kier molecular flexibility index (Phi) is 5.29. The van der Waals surface area contributed by atoms with Crippen LogP contribution in [0.2, 0.25) is 0 Å². The van der Waals surface area contributed by atoms with Crippen molar-refractivity contribution in [2.24, 2.45) is 5.92 Å². The highest BCUT2D eigenvalue weighted by Crippen LogP contribution is 2.12. The highest BCUT2D eigenvalue weighted by molar-refractivity contribution is 5.28. The summed E-state index contributed by atoms with van der Waals surface area (Å²) < 4.78 is 5.16. The van der Waals surface area contributed by atoms with E-state index in [1.54, 1.807) is 7.11 Å². The Morgan fingerprint density at radius 3 is 2.69 bits per heavy atom. The lowest BCUT2D eigenvalue weighted by molar-refractivity contribution is 0.210. The molecule has 0 aliphatic carbocycles. The van der Waals surface area contributed by atoms with Gasteiger partial charge in [-0.05, 0) is 23.6 Å². The van der Waals surface area contributed by atoms with Crippen LogP contribution in [0.3, 0.4) is 0 Å². The van der Waals surface area contributed by atoms with Crippen molar-refractivity contribution >= 4 is 0 Å². The molecule has 0 radical (unpaired) electrons. The lowest BCUT2D eigenvalue weighted by Crippen LogP contribution is -2.36. The van der Waals surface area contributed by atoms with Gasteiger partial charge >= 0.3 is 0 Å². The lowest BCUT2D eigenvalue weighted by atomic mass is 10.1. The quantitative estimate of drug-likeness (QED) is 0.772. The molecular formula is C13H21NO2. The summed E-state index contributed by atoms with van der Waals surface area (Å²) >= 11 is 0. The molecule has 0 aliphatic rings. The van der Waals surface area contributed by atoms with Gasteiger partial charge in [0.15, 0.2) is 0 Å². The SMILES string of the molecule is COc1cccc(CN[C@H](CO)C(C)C)c1. The smallest absolute Gasteiger partial charge is 0.119 e. The molecule has 1 aromatic rings. The fourth-order valence-electron chi connectivity index (χ4n) is 1.54. The van der Waals surface area contributed by atoms with E-state index in [1.165, 1.54) is 5.56 Å². The average Bonchev–Trinajstić information content (AvgIpc) is 2.29. The lowest BCUT2D eigenvalue weighted by Gasteiger charge is -2.20. The van der Waals surface area contributed by atoms with Crippen LogP contribution >= 0.6 is 0 Å². The molecule has 0 saturated carbocycles. The zero-order valence-corrected chi connectivity index (χ0v) is 10.2. The summed E-state index contributed by atoms with van der Waals surface area (Å²) in [7, 11) is 1.66. The second-order valence-corrected chi connectivity index (χ2v) is 4.27. The van der Waals surface area contributed by atoms with Gasteiger partial charge in [-0.3, -0.25) is 0 Å². The number of rotatable bonds is 6. The molecule has 0 aliphatic heterocycles. The summed E-state index contributed by atoms with van der Waals surface area (Å²) in [5, 5.41) is 12.5. The number of aliphatic hydroxyl groups is 1. The number of benzene rings is 1. The van der Waals surface area contributed by atoms with Crippen molar-refractivity contribution in [2.75, 3.05) is 13.7 Å². The largest absolute Gasteiger partial charge is 0.497 e. The molecule has 1 aromatic carbocycles. The maximum Gasteiger partial charge on any atom is 0.119 e. The van der Waals surface area contributed by atoms with E-state index >= 15 is 0 Å². The predicted octanol–water partition coefficient (Wildman–Crippen LogP) is 1.80. The van der Waals surface area contributed by atoms with Crippen molar-refractivity contribution in [2.45, 2.75) is 26.4 Å². The molecule has 0 amide bonds. The molecule has 0 bridgehead atoms. The maximum absolute atomic E-state index is 9.19. The first kappa shape index (κ1) is 13.0. The van der Waals surface area contributed by atoms with Gasteiger partial charge in [-0.25, -0.2) is 0 Å². The van der Waals surface area contributed by atoms with Crippen molar-refractivity contribution in [1.29, 1.82) is 0 Å². The van der Waals surface area contributed by atoms with Crippen LogP contribution < -0.4 is 10.1 Å². The summed E-state index contributed by atoms with van der Waals surface area (Å²) in [6.07, 6.45) is 0. The molecule has 0 fully saturated rings. The van der Waals surface area contributed by atoms with Crippen LogP contribution in [-0.4, -0.2) is 24.9 Å². The van der Waals surface area contributed by atoms with Crippen molar-refractivity contribution in [3.05, 3.63) is 29.8 Å². The molecule has 0 aromatic heterocycles. The molecule has 0 spiro atoms. The number of ether oxygens (including phenoxy) is 1. The minimum Gasteiger partial charge on any atom is -0.497 e. The fraction of sp³-hybridized carbons (Fsp3) is 0.538. The summed E-state index contributed by atoms with van der Waals surface area (Å²) in [5.74, 6) is 1.29. The highest BCUT2D eigenvalue weighted by atomic mass is 16.5. The Morgan fingerprint density at radius 2 is 2.12 bits per heavy atom. The third-order valence-electron chi connectivity index (χ3n) is 2.70. The van der Waals surface area contributed by atoms with Crippen LogP contribution in [0.5, 0.6) is 5.75 Å². The molecule has 1 rings (SSSR count). The number of nitrogens with one attached hydrogen (secondary N) is 1. The standard InChI is InChI=1S/C13H21NO2/c1-10(2)13(9-15)14-8-11-5-4-6-12(7-11)16-3/h4-7,10,13-15H,8-9H2,1-3H3/t13-/m1/s1. The number of methoxy groups -OCH3 is 1. The van der Waals surface area contributed by atoms with Crippen molar-refractivity contribution in [1.82, 2.24) is 5.32 Å². The summed E-state index contributed by atoms with van der Waals surface area (Å²) in [6, 6.07) is 8.09. The third kappa shape index (κ3) is 3.83. The van der Waals surface area contributed by atoms with Crippen LogP contribution in [0.25, 0.3) is 0 Å². The van der Waals surface area contributed by atoms with Crippen LogP contribution in [0.4, 0.5) is 0 Å². The molecule has 1 atom stereocenters. The van der Waals surface area contributed by atoms with Gasteiger partial charge in [-0.1, -0.05) is 26.0 Å². The molecule has 2 N–H and O–H groups in total. The van der Waals surface area contributed by atoms with Gasteiger partial charge in [0.2, 0.25) is 0 Å². The molecule has 90 valence electrons. The van der Waals surface area contributed by atoms with E-state index in [9.17, 15) is 5.11 Å². The highest BCUT2D eigenvalue weighted by Gasteiger charge is 2.10. The van der Waals surface area contributed by atoms with Gasteiger partial charge in [0.05, 0.1) is 13.7 Å². The molecule has 0 unspecified atom stereocenters. The monoisotopic (exact) mass is 223 g/mol. The molecular weight excluding hydrogens is 202 g/mol. The first-order chi connectivity index (χ1) is 7.67. The van der Waals surface area contributed by atoms with E-state index in [0.29, 0.717) is 5.92 Å². The Morgan fingerprint density at radius 1 is 1.38 bits per heavy atom. The summed E-state index contributed by atoms with van der Waals surface area (Å²) in [6.45, 7) is 5.11. The number of aliphatic hydroxyl groups excluding tert-OH is 1. The van der Waals surface area contributed by atoms with Crippen LogP contribution in [-0.2, 0) is 6.54 Å². The number of hydrogen-bond acceptors (Lipinski definition) is 3. The van der Waals surface area contributed by atoms with E-state index in [0.717, 1.165) is 12.3 Å². The summed E-state index contributed by atoms with van der Waals surface area (Å²) in [4.78, 5) is 0. The molecule has 3 nitrogen and oxygen atoms in total. The van der Waals surface area contributed by atoms with E-state index < -0.39 is 0 Å². The Bertz CT molecular complexity index is 313. The van der Waals surface area contributed by atoms with Gasteiger partial charge in [-0.15, -0.1) is 0 Å². The second-order valence-electron chi connectivity index (χ2n) is 4.27. The average molecular weight is 223 g/mol.